The van der Waals surface area contributed by atoms with E-state index in [-0.39, 0.29) is 12.4 Å². The molecule has 0 aliphatic heterocycles. The maximum Gasteiger partial charge on any atom is 0.154 e. The molecule has 76 valence electrons. The third kappa shape index (κ3) is 1.85. The Morgan fingerprint density at radius 3 is 2.86 bits per heavy atom. The van der Waals surface area contributed by atoms with E-state index >= 15 is 0 Å². The van der Waals surface area contributed by atoms with Gasteiger partial charge >= 0.3 is 0 Å². The van der Waals surface area contributed by atoms with Crippen LogP contribution in [0.5, 0.6) is 0 Å². The van der Waals surface area contributed by atoms with Gasteiger partial charge in [0, 0.05) is 5.39 Å². The predicted octanol–water partition coefficient (Wildman–Crippen LogP) is 1.24. The van der Waals surface area contributed by atoms with Crippen molar-refractivity contribution in [1.29, 1.82) is 0 Å². The fourth-order valence-electron chi connectivity index (χ4n) is 1.19. The molecule has 0 fully saturated rings. The molecule has 2 heterocycles. The lowest BCUT2D eigenvalue weighted by Gasteiger charge is -2.16. The quantitative estimate of drug-likeness (QED) is 0.725. The van der Waals surface area contributed by atoms with Gasteiger partial charge in [0.05, 0.1) is 5.69 Å². The van der Waals surface area contributed by atoms with Gasteiger partial charge in [-0.3, -0.25) is 5.73 Å². The standard InChI is InChI=1S/C8H9N3OS.ClH/c1-8(9,12)6-5-2-3-13-7(5)11-4-10-6;/h2-4,12H,9H2,1H3;1H. The lowest BCUT2D eigenvalue weighted by atomic mass is 10.1. The molecule has 0 saturated heterocycles. The average molecular weight is 232 g/mol. The van der Waals surface area contributed by atoms with Crippen molar-refractivity contribution in [1.82, 2.24) is 9.97 Å². The van der Waals surface area contributed by atoms with Crippen LogP contribution in [0.3, 0.4) is 0 Å². The van der Waals surface area contributed by atoms with Crippen molar-refractivity contribution in [3.05, 3.63) is 23.5 Å². The molecule has 6 heteroatoms. The first-order valence-corrected chi connectivity index (χ1v) is 4.67. The first-order valence-electron chi connectivity index (χ1n) is 3.79. The summed E-state index contributed by atoms with van der Waals surface area (Å²) in [6.45, 7) is 1.51. The minimum atomic E-state index is -1.40. The van der Waals surface area contributed by atoms with Crippen molar-refractivity contribution in [2.24, 2.45) is 5.73 Å². The summed E-state index contributed by atoms with van der Waals surface area (Å²) in [5, 5.41) is 12.3. The number of nitrogens with zero attached hydrogens (tertiary/aromatic N) is 2. The van der Waals surface area contributed by atoms with Crippen LogP contribution < -0.4 is 5.73 Å². The Morgan fingerprint density at radius 2 is 2.21 bits per heavy atom. The number of hydrogen-bond acceptors (Lipinski definition) is 5. The van der Waals surface area contributed by atoms with Crippen molar-refractivity contribution in [3.8, 4) is 0 Å². The van der Waals surface area contributed by atoms with Crippen LogP contribution in [0.4, 0.5) is 0 Å². The van der Waals surface area contributed by atoms with Crippen LogP contribution in [0.2, 0.25) is 0 Å². The molecular weight excluding hydrogens is 222 g/mol. The van der Waals surface area contributed by atoms with E-state index in [2.05, 4.69) is 9.97 Å². The van der Waals surface area contributed by atoms with Gasteiger partial charge in [0.15, 0.2) is 5.72 Å². The maximum absolute atomic E-state index is 9.60. The van der Waals surface area contributed by atoms with Gasteiger partial charge in [-0.2, -0.15) is 0 Å². The topological polar surface area (TPSA) is 72.0 Å². The zero-order valence-electron chi connectivity index (χ0n) is 7.47. The Hall–Kier alpha value is -0.750. The van der Waals surface area contributed by atoms with Crippen molar-refractivity contribution >= 4 is 34.0 Å². The van der Waals surface area contributed by atoms with E-state index in [9.17, 15) is 5.11 Å². The molecule has 0 bridgehead atoms. The van der Waals surface area contributed by atoms with Crippen LogP contribution in [-0.2, 0) is 5.72 Å². The molecule has 0 aromatic carbocycles. The van der Waals surface area contributed by atoms with Crippen LogP contribution in [0, 0.1) is 0 Å². The highest BCUT2D eigenvalue weighted by atomic mass is 35.5. The van der Waals surface area contributed by atoms with Crippen LogP contribution in [0.1, 0.15) is 12.6 Å². The third-order valence-electron chi connectivity index (χ3n) is 1.74. The fraction of sp³-hybridized carbons (Fsp3) is 0.250. The molecule has 2 aromatic heterocycles. The number of hydrogen-bond donors (Lipinski definition) is 2. The molecule has 0 spiro atoms. The van der Waals surface area contributed by atoms with Crippen LogP contribution in [0.25, 0.3) is 10.2 Å². The summed E-state index contributed by atoms with van der Waals surface area (Å²) in [7, 11) is 0. The van der Waals surface area contributed by atoms with Gasteiger partial charge in [-0.25, -0.2) is 9.97 Å². The Balaban J connectivity index is 0.000000980. The highest BCUT2D eigenvalue weighted by Crippen LogP contribution is 2.24. The zero-order valence-corrected chi connectivity index (χ0v) is 9.10. The first-order chi connectivity index (χ1) is 6.09. The van der Waals surface area contributed by atoms with Crippen LogP contribution in [0.15, 0.2) is 17.8 Å². The van der Waals surface area contributed by atoms with Gasteiger partial charge < -0.3 is 5.11 Å². The molecule has 3 N–H and O–H groups in total. The summed E-state index contributed by atoms with van der Waals surface area (Å²) < 4.78 is 0. The van der Waals surface area contributed by atoms with E-state index in [1.807, 2.05) is 11.4 Å². The van der Waals surface area contributed by atoms with Gasteiger partial charge in [0.2, 0.25) is 0 Å². The summed E-state index contributed by atoms with van der Waals surface area (Å²) in [5.74, 6) is 0. The summed E-state index contributed by atoms with van der Waals surface area (Å²) in [6, 6.07) is 1.86. The number of fused-ring (bicyclic) bond motifs is 1. The van der Waals surface area contributed by atoms with Gasteiger partial charge in [-0.1, -0.05) is 0 Å². The SMILES string of the molecule is CC(N)(O)c1ncnc2sccc12.Cl. The molecule has 0 radical (unpaired) electrons. The summed E-state index contributed by atoms with van der Waals surface area (Å²) in [5.41, 5.74) is 4.62. The molecule has 0 aliphatic rings. The Labute approximate surface area is 91.2 Å². The molecule has 0 amide bonds. The Kier molecular flexibility index (Phi) is 3.06. The smallest absolute Gasteiger partial charge is 0.154 e. The van der Waals surface area contributed by atoms with E-state index in [1.54, 1.807) is 0 Å². The number of halogens is 1. The number of nitrogens with two attached hydrogens (primary N) is 1. The predicted molar refractivity (Wildman–Crippen MR) is 58.4 cm³/mol. The van der Waals surface area contributed by atoms with Gasteiger partial charge in [-0.05, 0) is 18.4 Å². The molecule has 2 aromatic rings. The second-order valence-corrected chi connectivity index (χ2v) is 3.90. The molecule has 1 atom stereocenters. The fourth-order valence-corrected chi connectivity index (χ4v) is 1.93. The Morgan fingerprint density at radius 1 is 1.50 bits per heavy atom. The first kappa shape index (κ1) is 11.3. The minimum Gasteiger partial charge on any atom is -0.370 e. The van der Waals surface area contributed by atoms with Gasteiger partial charge in [-0.15, -0.1) is 23.7 Å². The monoisotopic (exact) mass is 231 g/mol. The van der Waals surface area contributed by atoms with Crippen LogP contribution in [-0.4, -0.2) is 15.1 Å². The molecule has 0 aliphatic carbocycles. The molecule has 4 nitrogen and oxygen atoms in total. The number of rotatable bonds is 1. The third-order valence-corrected chi connectivity index (χ3v) is 2.56. The normalized spacial score (nSPS) is 14.8. The van der Waals surface area contributed by atoms with E-state index in [0.717, 1.165) is 10.2 Å². The largest absolute Gasteiger partial charge is 0.370 e. The molecule has 0 saturated carbocycles. The lowest BCUT2D eigenvalue weighted by molar-refractivity contribution is 0.0617. The Bertz CT molecular complexity index is 437. The van der Waals surface area contributed by atoms with Crippen molar-refractivity contribution in [2.45, 2.75) is 12.6 Å². The molecule has 2 rings (SSSR count). The highest BCUT2D eigenvalue weighted by molar-refractivity contribution is 7.16. The summed E-state index contributed by atoms with van der Waals surface area (Å²) >= 11 is 1.50. The summed E-state index contributed by atoms with van der Waals surface area (Å²) in [6.07, 6.45) is 1.41. The van der Waals surface area contributed by atoms with Gasteiger partial charge in [0.25, 0.3) is 0 Å². The highest BCUT2D eigenvalue weighted by Gasteiger charge is 2.21. The number of aromatic nitrogens is 2. The van der Waals surface area contributed by atoms with Gasteiger partial charge in [0.1, 0.15) is 11.2 Å². The number of thiophene rings is 1. The zero-order chi connectivity index (χ0) is 9.47. The molecular formula is C8H10ClN3OS. The van der Waals surface area contributed by atoms with E-state index in [1.165, 1.54) is 24.6 Å². The van der Waals surface area contributed by atoms with Crippen molar-refractivity contribution in [2.75, 3.05) is 0 Å². The van der Waals surface area contributed by atoms with Crippen molar-refractivity contribution < 1.29 is 5.11 Å². The van der Waals surface area contributed by atoms with Crippen LogP contribution >= 0.6 is 23.7 Å². The second kappa shape index (κ2) is 3.78. The minimum absolute atomic E-state index is 0. The number of aliphatic hydroxyl groups is 1. The van der Waals surface area contributed by atoms with E-state index in [0.29, 0.717) is 5.69 Å². The van der Waals surface area contributed by atoms with E-state index < -0.39 is 5.72 Å². The second-order valence-electron chi connectivity index (χ2n) is 3.01. The van der Waals surface area contributed by atoms with Crippen molar-refractivity contribution in [3.63, 3.8) is 0 Å². The van der Waals surface area contributed by atoms with E-state index in [4.69, 9.17) is 5.73 Å². The summed E-state index contributed by atoms with van der Waals surface area (Å²) in [4.78, 5) is 8.87. The average Bonchev–Trinajstić information content (AvgIpc) is 2.48. The lowest BCUT2D eigenvalue weighted by Crippen LogP contribution is -2.33. The maximum atomic E-state index is 9.60. The molecule has 14 heavy (non-hydrogen) atoms. The molecule has 1 unspecified atom stereocenters.